The van der Waals surface area contributed by atoms with Crippen molar-refractivity contribution in [3.63, 3.8) is 0 Å². The van der Waals surface area contributed by atoms with Crippen LogP contribution < -0.4 is 14.2 Å². The first-order chi connectivity index (χ1) is 14.1. The molecule has 2 heterocycles. The van der Waals surface area contributed by atoms with E-state index in [-0.39, 0.29) is 0 Å². The molecule has 2 aromatic heterocycles. The van der Waals surface area contributed by atoms with Crippen LogP contribution in [0.2, 0.25) is 0 Å². The van der Waals surface area contributed by atoms with Crippen LogP contribution in [0, 0.1) is 0 Å². The van der Waals surface area contributed by atoms with Crippen molar-refractivity contribution in [3.8, 4) is 28.5 Å². The Morgan fingerprint density at radius 1 is 0.966 bits per heavy atom. The van der Waals surface area contributed by atoms with Gasteiger partial charge in [0.2, 0.25) is 5.75 Å². The summed E-state index contributed by atoms with van der Waals surface area (Å²) in [4.78, 5) is 6.76. The molecule has 0 aliphatic rings. The lowest BCUT2D eigenvalue weighted by atomic mass is 10.1. The number of H-pyrrole nitrogens is 1. The SMILES string of the molecule is CCc1ccc(CN(C)Cc2cn[nH]c2-c2cc(OC)c(OC)c(OC)c2)nc1. The summed E-state index contributed by atoms with van der Waals surface area (Å²) >= 11 is 0. The molecule has 3 rings (SSSR count). The van der Waals surface area contributed by atoms with E-state index in [1.54, 1.807) is 21.3 Å². The Balaban J connectivity index is 1.81. The molecular weight excluding hydrogens is 368 g/mol. The van der Waals surface area contributed by atoms with Crippen LogP contribution in [0.25, 0.3) is 11.3 Å². The third kappa shape index (κ3) is 4.68. The molecule has 0 unspecified atom stereocenters. The standard InChI is InChI=1S/C22H28N4O3/c1-6-15-7-8-18(23-11-15)14-26(2)13-17-12-24-25-21(17)16-9-19(27-3)22(29-5)20(10-16)28-4/h7-12H,6,13-14H2,1-5H3,(H,24,25). The van der Waals surface area contributed by atoms with Crippen molar-refractivity contribution in [2.24, 2.45) is 0 Å². The number of nitrogens with zero attached hydrogens (tertiary/aromatic N) is 3. The molecule has 0 aliphatic carbocycles. The Bertz CT molecular complexity index is 912. The van der Waals surface area contributed by atoms with Gasteiger partial charge in [-0.05, 0) is 37.2 Å². The fraction of sp³-hybridized carbons (Fsp3) is 0.364. The lowest BCUT2D eigenvalue weighted by molar-refractivity contribution is 0.315. The Kier molecular flexibility index (Phi) is 6.72. The van der Waals surface area contributed by atoms with Crippen molar-refractivity contribution in [1.29, 1.82) is 0 Å². The van der Waals surface area contributed by atoms with Crippen LogP contribution in [0.3, 0.4) is 0 Å². The van der Waals surface area contributed by atoms with E-state index in [2.05, 4.69) is 46.2 Å². The number of benzene rings is 1. The topological polar surface area (TPSA) is 72.5 Å². The molecule has 1 N–H and O–H groups in total. The zero-order chi connectivity index (χ0) is 20.8. The monoisotopic (exact) mass is 396 g/mol. The number of ether oxygens (including phenoxy) is 3. The normalized spacial score (nSPS) is 11.0. The molecule has 7 heteroatoms. The predicted molar refractivity (Wildman–Crippen MR) is 112 cm³/mol. The lowest BCUT2D eigenvalue weighted by Gasteiger charge is -2.17. The molecule has 0 bridgehead atoms. The average molecular weight is 396 g/mol. The first-order valence-electron chi connectivity index (χ1n) is 9.54. The largest absolute Gasteiger partial charge is 0.493 e. The third-order valence-electron chi connectivity index (χ3n) is 4.84. The van der Waals surface area contributed by atoms with Crippen LogP contribution >= 0.6 is 0 Å². The number of hydrogen-bond acceptors (Lipinski definition) is 6. The molecule has 0 aliphatic heterocycles. The summed E-state index contributed by atoms with van der Waals surface area (Å²) in [6.45, 7) is 3.61. The number of aromatic nitrogens is 3. The second-order valence-corrected chi connectivity index (χ2v) is 6.87. The Morgan fingerprint density at radius 3 is 2.24 bits per heavy atom. The van der Waals surface area contributed by atoms with Crippen LogP contribution in [0.1, 0.15) is 23.7 Å². The van der Waals surface area contributed by atoms with Crippen molar-refractivity contribution in [3.05, 3.63) is 53.5 Å². The van der Waals surface area contributed by atoms with Gasteiger partial charge < -0.3 is 14.2 Å². The van der Waals surface area contributed by atoms with E-state index in [1.165, 1.54) is 5.56 Å². The minimum absolute atomic E-state index is 0.568. The second kappa shape index (κ2) is 9.43. The fourth-order valence-electron chi connectivity index (χ4n) is 3.29. The van der Waals surface area contributed by atoms with E-state index < -0.39 is 0 Å². The van der Waals surface area contributed by atoms with Crippen molar-refractivity contribution in [2.75, 3.05) is 28.4 Å². The molecule has 1 aromatic carbocycles. The zero-order valence-electron chi connectivity index (χ0n) is 17.7. The fourth-order valence-corrected chi connectivity index (χ4v) is 3.29. The number of methoxy groups -OCH3 is 3. The highest BCUT2D eigenvalue weighted by Crippen LogP contribution is 2.41. The van der Waals surface area contributed by atoms with Gasteiger partial charge in [0.25, 0.3) is 0 Å². The molecule has 0 spiro atoms. The summed E-state index contributed by atoms with van der Waals surface area (Å²) < 4.78 is 16.4. The number of aryl methyl sites for hydroxylation is 1. The summed E-state index contributed by atoms with van der Waals surface area (Å²) in [6.07, 6.45) is 4.79. The molecule has 7 nitrogen and oxygen atoms in total. The number of hydrogen-bond donors (Lipinski definition) is 1. The van der Waals surface area contributed by atoms with Gasteiger partial charge >= 0.3 is 0 Å². The first-order valence-corrected chi connectivity index (χ1v) is 9.54. The van der Waals surface area contributed by atoms with Crippen molar-refractivity contribution in [1.82, 2.24) is 20.1 Å². The highest BCUT2D eigenvalue weighted by Gasteiger charge is 2.17. The van der Waals surface area contributed by atoms with Gasteiger partial charge in [0.05, 0.1) is 38.9 Å². The lowest BCUT2D eigenvalue weighted by Crippen LogP contribution is -2.18. The molecular formula is C22H28N4O3. The van der Waals surface area contributed by atoms with Gasteiger partial charge in [0, 0.05) is 30.4 Å². The van der Waals surface area contributed by atoms with Crippen LogP contribution in [-0.4, -0.2) is 48.5 Å². The Labute approximate surface area is 171 Å². The molecule has 29 heavy (non-hydrogen) atoms. The summed E-state index contributed by atoms with van der Waals surface area (Å²) in [5.74, 6) is 1.78. The molecule has 0 saturated heterocycles. The number of aromatic amines is 1. The molecule has 154 valence electrons. The Morgan fingerprint density at radius 2 is 1.69 bits per heavy atom. The van der Waals surface area contributed by atoms with E-state index in [9.17, 15) is 0 Å². The van der Waals surface area contributed by atoms with E-state index in [0.29, 0.717) is 17.2 Å². The van der Waals surface area contributed by atoms with Crippen LogP contribution in [0.15, 0.2) is 36.7 Å². The quantitative estimate of drug-likeness (QED) is 0.595. The minimum atomic E-state index is 0.568. The molecule has 0 saturated carbocycles. The molecule has 0 fully saturated rings. The van der Waals surface area contributed by atoms with Gasteiger partial charge in [-0.2, -0.15) is 5.10 Å². The Hall–Kier alpha value is -3.06. The molecule has 0 atom stereocenters. The first kappa shape index (κ1) is 20.7. The van der Waals surface area contributed by atoms with Crippen molar-refractivity contribution < 1.29 is 14.2 Å². The number of pyridine rings is 1. The van der Waals surface area contributed by atoms with Gasteiger partial charge in [-0.3, -0.25) is 15.0 Å². The highest BCUT2D eigenvalue weighted by molar-refractivity contribution is 5.70. The molecule has 3 aromatic rings. The van der Waals surface area contributed by atoms with Crippen molar-refractivity contribution >= 4 is 0 Å². The van der Waals surface area contributed by atoms with Gasteiger partial charge in [0.1, 0.15) is 0 Å². The number of nitrogens with one attached hydrogen (secondary N) is 1. The maximum atomic E-state index is 5.48. The van der Waals surface area contributed by atoms with Crippen LogP contribution in [0.4, 0.5) is 0 Å². The average Bonchev–Trinajstić information content (AvgIpc) is 3.20. The molecule has 0 amide bonds. The van der Waals surface area contributed by atoms with E-state index >= 15 is 0 Å². The summed E-state index contributed by atoms with van der Waals surface area (Å²) in [5, 5.41) is 7.36. The van der Waals surface area contributed by atoms with E-state index in [4.69, 9.17) is 14.2 Å². The van der Waals surface area contributed by atoms with E-state index in [1.807, 2.05) is 24.5 Å². The van der Waals surface area contributed by atoms with Crippen LogP contribution in [0.5, 0.6) is 17.2 Å². The second-order valence-electron chi connectivity index (χ2n) is 6.87. The maximum Gasteiger partial charge on any atom is 0.203 e. The summed E-state index contributed by atoms with van der Waals surface area (Å²) in [7, 11) is 6.89. The molecule has 0 radical (unpaired) electrons. The van der Waals surface area contributed by atoms with E-state index in [0.717, 1.165) is 42.0 Å². The van der Waals surface area contributed by atoms with Gasteiger partial charge in [-0.15, -0.1) is 0 Å². The number of rotatable bonds is 9. The van der Waals surface area contributed by atoms with Gasteiger partial charge in [-0.1, -0.05) is 13.0 Å². The smallest absolute Gasteiger partial charge is 0.203 e. The van der Waals surface area contributed by atoms with Crippen LogP contribution in [-0.2, 0) is 19.5 Å². The summed E-state index contributed by atoms with van der Waals surface area (Å²) in [5.41, 5.74) is 5.21. The highest BCUT2D eigenvalue weighted by atomic mass is 16.5. The zero-order valence-corrected chi connectivity index (χ0v) is 17.7. The van der Waals surface area contributed by atoms with Gasteiger partial charge in [0.15, 0.2) is 11.5 Å². The minimum Gasteiger partial charge on any atom is -0.493 e. The van der Waals surface area contributed by atoms with Crippen molar-refractivity contribution in [2.45, 2.75) is 26.4 Å². The summed E-state index contributed by atoms with van der Waals surface area (Å²) in [6, 6.07) is 8.06. The van der Waals surface area contributed by atoms with Gasteiger partial charge in [-0.25, -0.2) is 0 Å². The maximum absolute atomic E-state index is 5.48. The third-order valence-corrected chi connectivity index (χ3v) is 4.84. The predicted octanol–water partition coefficient (Wildman–Crippen LogP) is 3.69.